The summed E-state index contributed by atoms with van der Waals surface area (Å²) in [7, 11) is 0. The van der Waals surface area contributed by atoms with Crippen LogP contribution in [0.2, 0.25) is 0 Å². The highest BCUT2D eigenvalue weighted by molar-refractivity contribution is 5.68. The van der Waals surface area contributed by atoms with Crippen molar-refractivity contribution >= 4 is 11.7 Å². The van der Waals surface area contributed by atoms with Gasteiger partial charge in [0.25, 0.3) is 0 Å². The summed E-state index contributed by atoms with van der Waals surface area (Å²) in [6.45, 7) is 10.7. The minimum atomic E-state index is -0.463. The van der Waals surface area contributed by atoms with Crippen molar-refractivity contribution in [1.82, 2.24) is 14.3 Å². The zero-order chi connectivity index (χ0) is 18.2. The highest BCUT2D eigenvalue weighted by Gasteiger charge is 2.31. The Labute approximate surface area is 150 Å². The van der Waals surface area contributed by atoms with E-state index in [0.29, 0.717) is 0 Å². The fourth-order valence-electron chi connectivity index (χ4n) is 3.56. The van der Waals surface area contributed by atoms with Crippen molar-refractivity contribution in [1.29, 1.82) is 0 Å². The van der Waals surface area contributed by atoms with Gasteiger partial charge >= 0.3 is 6.09 Å². The molecule has 2 aromatic heterocycles. The van der Waals surface area contributed by atoms with E-state index in [1.54, 1.807) is 0 Å². The average molecular weight is 343 g/mol. The quantitative estimate of drug-likeness (QED) is 0.817. The zero-order valence-electron chi connectivity index (χ0n) is 16.0. The molecule has 3 rings (SSSR count). The van der Waals surface area contributed by atoms with Gasteiger partial charge < -0.3 is 14.0 Å². The largest absolute Gasteiger partial charge is 0.444 e. The molecule has 136 valence electrons. The molecular formula is C20H29N3O2. The first-order valence-electron chi connectivity index (χ1n) is 9.19. The van der Waals surface area contributed by atoms with Crippen LogP contribution >= 0.6 is 0 Å². The fraction of sp³-hybridized carbons (Fsp3) is 0.600. The van der Waals surface area contributed by atoms with Crippen LogP contribution in [0.25, 0.3) is 5.65 Å². The maximum atomic E-state index is 12.6. The minimum Gasteiger partial charge on any atom is -0.444 e. The Balaban J connectivity index is 1.84. The number of nitrogens with zero attached hydrogens (tertiary/aromatic N) is 3. The number of pyridine rings is 1. The highest BCUT2D eigenvalue weighted by Crippen LogP contribution is 2.25. The summed E-state index contributed by atoms with van der Waals surface area (Å²) in [6, 6.07) is 4.29. The average Bonchev–Trinajstić information content (AvgIpc) is 2.84. The van der Waals surface area contributed by atoms with E-state index in [0.717, 1.165) is 49.3 Å². The summed E-state index contributed by atoms with van der Waals surface area (Å²) in [5, 5.41) is 0. The van der Waals surface area contributed by atoms with Crippen LogP contribution < -0.4 is 0 Å². The number of imidazole rings is 1. The molecule has 0 unspecified atom stereocenters. The molecule has 0 N–H and O–H groups in total. The third-order valence-corrected chi connectivity index (χ3v) is 4.87. The Hall–Kier alpha value is -2.04. The second-order valence-corrected chi connectivity index (χ2v) is 8.06. The predicted octanol–water partition coefficient (Wildman–Crippen LogP) is 4.28. The van der Waals surface area contributed by atoms with Crippen LogP contribution in [-0.4, -0.2) is 38.6 Å². The normalized spacial score (nSPS) is 18.6. The molecule has 25 heavy (non-hydrogen) atoms. The molecular weight excluding hydrogens is 314 g/mol. The van der Waals surface area contributed by atoms with Gasteiger partial charge in [0.2, 0.25) is 0 Å². The van der Waals surface area contributed by atoms with Gasteiger partial charge in [-0.25, -0.2) is 9.78 Å². The molecule has 0 aromatic carbocycles. The number of ether oxygens (including phenoxy) is 1. The summed E-state index contributed by atoms with van der Waals surface area (Å²) >= 11 is 0. The van der Waals surface area contributed by atoms with E-state index < -0.39 is 5.60 Å². The van der Waals surface area contributed by atoms with Gasteiger partial charge in [0.05, 0.1) is 5.69 Å². The van der Waals surface area contributed by atoms with Gasteiger partial charge in [0, 0.05) is 30.9 Å². The first-order valence-corrected chi connectivity index (χ1v) is 9.19. The van der Waals surface area contributed by atoms with Crippen LogP contribution in [0.3, 0.4) is 0 Å². The van der Waals surface area contributed by atoms with Gasteiger partial charge in [0.1, 0.15) is 11.2 Å². The van der Waals surface area contributed by atoms with Gasteiger partial charge in [0.15, 0.2) is 0 Å². The Morgan fingerprint density at radius 3 is 2.76 bits per heavy atom. The second-order valence-electron chi connectivity index (χ2n) is 8.06. The number of aryl methyl sites for hydroxylation is 2. The van der Waals surface area contributed by atoms with Crippen molar-refractivity contribution in [3.63, 3.8) is 0 Å². The van der Waals surface area contributed by atoms with Gasteiger partial charge in [-0.1, -0.05) is 6.07 Å². The molecule has 1 aliphatic rings. The van der Waals surface area contributed by atoms with E-state index in [-0.39, 0.29) is 12.1 Å². The Kier molecular flexibility index (Phi) is 4.76. The van der Waals surface area contributed by atoms with Crippen LogP contribution in [0.5, 0.6) is 0 Å². The number of fused-ring (bicyclic) bond motifs is 1. The maximum absolute atomic E-state index is 12.6. The molecule has 0 aliphatic carbocycles. The molecule has 0 bridgehead atoms. The third-order valence-electron chi connectivity index (χ3n) is 4.87. The van der Waals surface area contributed by atoms with Gasteiger partial charge in [-0.15, -0.1) is 0 Å². The van der Waals surface area contributed by atoms with Crippen molar-refractivity contribution in [2.75, 3.05) is 6.54 Å². The van der Waals surface area contributed by atoms with Gasteiger partial charge in [-0.05, 0) is 65.5 Å². The number of likely N-dealkylation sites (tertiary alicyclic amines) is 1. The minimum absolute atomic E-state index is 0.160. The standard InChI is InChI=1S/C20H29N3O2/c1-14-9-8-12-22-15(2)17(21-18(14)22)13-16-10-6-7-11-23(16)19(24)25-20(3,4)5/h8-9,12,16H,6-7,10-11,13H2,1-5H3/t16-/m0/s1. The van der Waals surface area contributed by atoms with Crippen LogP contribution in [0.4, 0.5) is 4.79 Å². The molecule has 0 radical (unpaired) electrons. The maximum Gasteiger partial charge on any atom is 0.410 e. The Morgan fingerprint density at radius 2 is 2.08 bits per heavy atom. The van der Waals surface area contributed by atoms with Crippen LogP contribution in [-0.2, 0) is 11.2 Å². The Morgan fingerprint density at radius 1 is 1.32 bits per heavy atom. The number of hydrogen-bond acceptors (Lipinski definition) is 3. The predicted molar refractivity (Wildman–Crippen MR) is 98.9 cm³/mol. The summed E-state index contributed by atoms with van der Waals surface area (Å²) in [6.07, 6.45) is 5.84. The van der Waals surface area contributed by atoms with Crippen LogP contribution in [0.1, 0.15) is 57.0 Å². The molecule has 5 heteroatoms. The van der Waals surface area contributed by atoms with Crippen molar-refractivity contribution in [2.24, 2.45) is 0 Å². The molecule has 5 nitrogen and oxygen atoms in total. The molecule has 2 aromatic rings. The SMILES string of the molecule is Cc1cccn2c(C)c(C[C@@H]3CCCCN3C(=O)OC(C)(C)C)nc12. The van der Waals surface area contributed by atoms with E-state index in [2.05, 4.69) is 36.6 Å². The lowest BCUT2D eigenvalue weighted by molar-refractivity contribution is 0.00984. The van der Waals surface area contributed by atoms with Crippen molar-refractivity contribution in [3.8, 4) is 0 Å². The number of piperidine rings is 1. The van der Waals surface area contributed by atoms with E-state index in [4.69, 9.17) is 9.72 Å². The summed E-state index contributed by atoms with van der Waals surface area (Å²) in [5.41, 5.74) is 3.96. The molecule has 1 aliphatic heterocycles. The molecule has 0 saturated carbocycles. The van der Waals surface area contributed by atoms with E-state index >= 15 is 0 Å². The summed E-state index contributed by atoms with van der Waals surface area (Å²) in [4.78, 5) is 19.4. The van der Waals surface area contributed by atoms with Crippen molar-refractivity contribution < 1.29 is 9.53 Å². The first kappa shape index (κ1) is 17.8. The highest BCUT2D eigenvalue weighted by atomic mass is 16.6. The lowest BCUT2D eigenvalue weighted by Crippen LogP contribution is -2.47. The zero-order valence-corrected chi connectivity index (χ0v) is 16.0. The van der Waals surface area contributed by atoms with E-state index in [1.807, 2.05) is 25.7 Å². The lowest BCUT2D eigenvalue weighted by Gasteiger charge is -2.36. The first-order chi connectivity index (χ1) is 11.8. The molecule has 0 spiro atoms. The van der Waals surface area contributed by atoms with E-state index in [9.17, 15) is 4.79 Å². The smallest absolute Gasteiger partial charge is 0.410 e. The second kappa shape index (κ2) is 6.70. The van der Waals surface area contributed by atoms with Gasteiger partial charge in [-0.3, -0.25) is 0 Å². The molecule has 3 heterocycles. The molecule has 1 atom stereocenters. The third kappa shape index (κ3) is 3.80. The summed E-state index contributed by atoms with van der Waals surface area (Å²) < 4.78 is 7.76. The number of hydrogen-bond donors (Lipinski definition) is 0. The molecule has 1 saturated heterocycles. The van der Waals surface area contributed by atoms with Crippen LogP contribution in [0, 0.1) is 13.8 Å². The van der Waals surface area contributed by atoms with E-state index in [1.165, 1.54) is 5.56 Å². The van der Waals surface area contributed by atoms with Gasteiger partial charge in [-0.2, -0.15) is 0 Å². The topological polar surface area (TPSA) is 46.8 Å². The molecule has 1 amide bonds. The number of amides is 1. The number of carbonyl (C=O) groups is 1. The van der Waals surface area contributed by atoms with Crippen LogP contribution in [0.15, 0.2) is 18.3 Å². The number of carbonyl (C=O) groups excluding carboxylic acids is 1. The monoisotopic (exact) mass is 343 g/mol. The molecule has 1 fully saturated rings. The fourth-order valence-corrected chi connectivity index (χ4v) is 3.56. The Bertz CT molecular complexity index is 773. The van der Waals surface area contributed by atoms with Crippen molar-refractivity contribution in [2.45, 2.75) is 71.9 Å². The van der Waals surface area contributed by atoms with Crippen molar-refractivity contribution in [3.05, 3.63) is 35.3 Å². The lowest BCUT2D eigenvalue weighted by atomic mass is 9.98. The number of aromatic nitrogens is 2. The number of rotatable bonds is 2. The summed E-state index contributed by atoms with van der Waals surface area (Å²) in [5.74, 6) is 0.